The highest BCUT2D eigenvalue weighted by atomic mass is 32.1. The number of unbranched alkanes of at least 4 members (excludes halogenated alkanes) is 2. The maximum absolute atomic E-state index is 12.1. The SMILES string of the molecule is CCCCCC(=O)Nc1cccc(NC(=S)NC(=O)c2ccccc2)c1. The summed E-state index contributed by atoms with van der Waals surface area (Å²) < 4.78 is 0. The van der Waals surface area contributed by atoms with E-state index in [0.717, 1.165) is 19.3 Å². The molecule has 3 N–H and O–H groups in total. The monoisotopic (exact) mass is 369 g/mol. The molecule has 136 valence electrons. The first-order valence-electron chi connectivity index (χ1n) is 8.66. The van der Waals surface area contributed by atoms with E-state index >= 15 is 0 Å². The van der Waals surface area contributed by atoms with Gasteiger partial charge in [0.2, 0.25) is 5.91 Å². The molecule has 2 aromatic carbocycles. The molecule has 2 rings (SSSR count). The van der Waals surface area contributed by atoms with Gasteiger partial charge in [-0.2, -0.15) is 0 Å². The summed E-state index contributed by atoms with van der Waals surface area (Å²) in [6.45, 7) is 2.10. The van der Waals surface area contributed by atoms with E-state index in [-0.39, 0.29) is 16.9 Å². The molecule has 5 nitrogen and oxygen atoms in total. The van der Waals surface area contributed by atoms with Crippen LogP contribution in [0.4, 0.5) is 11.4 Å². The molecule has 0 fully saturated rings. The van der Waals surface area contributed by atoms with Crippen molar-refractivity contribution < 1.29 is 9.59 Å². The van der Waals surface area contributed by atoms with E-state index in [1.807, 2.05) is 24.3 Å². The molecule has 6 heteroatoms. The molecule has 2 aromatic rings. The molecule has 0 aliphatic rings. The van der Waals surface area contributed by atoms with Gasteiger partial charge in [-0.05, 0) is 49.0 Å². The fraction of sp³-hybridized carbons (Fsp3) is 0.250. The van der Waals surface area contributed by atoms with E-state index in [0.29, 0.717) is 23.4 Å². The molecule has 0 atom stereocenters. The van der Waals surface area contributed by atoms with Crippen LogP contribution in [0.15, 0.2) is 54.6 Å². The van der Waals surface area contributed by atoms with Crippen molar-refractivity contribution in [1.29, 1.82) is 0 Å². The summed E-state index contributed by atoms with van der Waals surface area (Å²) >= 11 is 5.18. The zero-order valence-corrected chi connectivity index (χ0v) is 15.6. The van der Waals surface area contributed by atoms with Crippen LogP contribution in [0.3, 0.4) is 0 Å². The zero-order valence-electron chi connectivity index (χ0n) is 14.7. The topological polar surface area (TPSA) is 70.2 Å². The van der Waals surface area contributed by atoms with E-state index in [1.54, 1.807) is 30.3 Å². The van der Waals surface area contributed by atoms with Gasteiger partial charge < -0.3 is 10.6 Å². The number of nitrogens with one attached hydrogen (secondary N) is 3. The lowest BCUT2D eigenvalue weighted by Gasteiger charge is -2.11. The predicted octanol–water partition coefficient (Wildman–Crippen LogP) is 4.33. The third-order valence-electron chi connectivity index (χ3n) is 3.67. The third kappa shape index (κ3) is 6.64. The molecular formula is C20H23N3O2S. The van der Waals surface area contributed by atoms with E-state index in [1.165, 1.54) is 0 Å². The van der Waals surface area contributed by atoms with Gasteiger partial charge in [0, 0.05) is 23.4 Å². The number of carbonyl (C=O) groups excluding carboxylic acids is 2. The number of amides is 2. The quantitative estimate of drug-likeness (QED) is 0.502. The molecule has 0 heterocycles. The van der Waals surface area contributed by atoms with Crippen molar-refractivity contribution in [2.75, 3.05) is 10.6 Å². The molecule has 0 aliphatic heterocycles. The Balaban J connectivity index is 1.88. The lowest BCUT2D eigenvalue weighted by atomic mass is 10.2. The summed E-state index contributed by atoms with van der Waals surface area (Å²) in [5, 5.41) is 8.66. The Morgan fingerprint density at radius 2 is 1.62 bits per heavy atom. The Labute approximate surface area is 159 Å². The molecule has 0 aliphatic carbocycles. The van der Waals surface area contributed by atoms with Crippen molar-refractivity contribution in [1.82, 2.24) is 5.32 Å². The fourth-order valence-electron chi connectivity index (χ4n) is 2.36. The third-order valence-corrected chi connectivity index (χ3v) is 3.88. The lowest BCUT2D eigenvalue weighted by molar-refractivity contribution is -0.116. The molecule has 0 saturated heterocycles. The highest BCUT2D eigenvalue weighted by Gasteiger charge is 2.08. The van der Waals surface area contributed by atoms with E-state index < -0.39 is 0 Å². The first-order valence-corrected chi connectivity index (χ1v) is 9.06. The van der Waals surface area contributed by atoms with Gasteiger partial charge in [-0.25, -0.2) is 0 Å². The van der Waals surface area contributed by atoms with E-state index in [4.69, 9.17) is 12.2 Å². The van der Waals surface area contributed by atoms with E-state index in [9.17, 15) is 9.59 Å². The van der Waals surface area contributed by atoms with Gasteiger partial charge in [0.05, 0.1) is 0 Å². The highest BCUT2D eigenvalue weighted by molar-refractivity contribution is 7.80. The first kappa shape index (κ1) is 19.6. The predicted molar refractivity (Wildman–Crippen MR) is 109 cm³/mol. The summed E-state index contributed by atoms with van der Waals surface area (Å²) in [5.41, 5.74) is 1.91. The smallest absolute Gasteiger partial charge is 0.257 e. The van der Waals surface area contributed by atoms with Crippen molar-refractivity contribution in [3.63, 3.8) is 0 Å². The Morgan fingerprint density at radius 3 is 2.31 bits per heavy atom. The normalized spacial score (nSPS) is 10.0. The Bertz CT molecular complexity index is 763. The fourth-order valence-corrected chi connectivity index (χ4v) is 2.57. The molecule has 0 unspecified atom stereocenters. The summed E-state index contributed by atoms with van der Waals surface area (Å²) in [6.07, 6.45) is 3.52. The standard InChI is InChI=1S/C20H23N3O2S/c1-2-3-5-13-18(24)21-16-11-8-12-17(14-16)22-20(26)23-19(25)15-9-6-4-7-10-15/h4,6-12,14H,2-3,5,13H2,1H3,(H,21,24)(H2,22,23,25,26). The summed E-state index contributed by atoms with van der Waals surface area (Å²) in [5.74, 6) is -0.279. The van der Waals surface area contributed by atoms with Crippen LogP contribution in [0.2, 0.25) is 0 Å². The maximum atomic E-state index is 12.1. The molecule has 2 amide bonds. The minimum atomic E-state index is -0.275. The number of hydrogen-bond acceptors (Lipinski definition) is 3. The molecule has 0 saturated carbocycles. The number of rotatable bonds is 7. The van der Waals surface area contributed by atoms with Crippen molar-refractivity contribution in [2.45, 2.75) is 32.6 Å². The zero-order chi connectivity index (χ0) is 18.8. The minimum absolute atomic E-state index is 0.00411. The molecule has 0 radical (unpaired) electrons. The Hall–Kier alpha value is -2.73. The average molecular weight is 369 g/mol. The maximum Gasteiger partial charge on any atom is 0.257 e. The Kier molecular flexibility index (Phi) is 7.76. The van der Waals surface area contributed by atoms with Crippen LogP contribution >= 0.6 is 12.2 Å². The van der Waals surface area contributed by atoms with Crippen LogP contribution in [-0.4, -0.2) is 16.9 Å². The molecule has 26 heavy (non-hydrogen) atoms. The van der Waals surface area contributed by atoms with Crippen LogP contribution < -0.4 is 16.0 Å². The second kappa shape index (κ2) is 10.3. The van der Waals surface area contributed by atoms with Crippen molar-refractivity contribution in [3.05, 3.63) is 60.2 Å². The number of thiocarbonyl (C=S) groups is 1. The number of anilines is 2. The van der Waals surface area contributed by atoms with Crippen LogP contribution in [-0.2, 0) is 4.79 Å². The number of carbonyl (C=O) groups is 2. The van der Waals surface area contributed by atoms with Crippen molar-refractivity contribution in [3.8, 4) is 0 Å². The summed E-state index contributed by atoms with van der Waals surface area (Å²) in [4.78, 5) is 24.0. The second-order valence-corrected chi connectivity index (χ2v) is 6.27. The minimum Gasteiger partial charge on any atom is -0.332 e. The molecule has 0 spiro atoms. The average Bonchev–Trinajstić information content (AvgIpc) is 2.63. The van der Waals surface area contributed by atoms with Gasteiger partial charge in [0.25, 0.3) is 5.91 Å². The van der Waals surface area contributed by atoms with Gasteiger partial charge in [0.1, 0.15) is 0 Å². The van der Waals surface area contributed by atoms with Gasteiger partial charge in [-0.15, -0.1) is 0 Å². The van der Waals surface area contributed by atoms with Gasteiger partial charge >= 0.3 is 0 Å². The van der Waals surface area contributed by atoms with Crippen LogP contribution in [0.25, 0.3) is 0 Å². The van der Waals surface area contributed by atoms with Gasteiger partial charge in [-0.1, -0.05) is 44.0 Å². The first-order chi connectivity index (χ1) is 12.6. The number of benzene rings is 2. The van der Waals surface area contributed by atoms with Crippen LogP contribution in [0.1, 0.15) is 43.0 Å². The van der Waals surface area contributed by atoms with Gasteiger partial charge in [-0.3, -0.25) is 14.9 Å². The van der Waals surface area contributed by atoms with Crippen molar-refractivity contribution >= 4 is 40.5 Å². The van der Waals surface area contributed by atoms with Crippen LogP contribution in [0.5, 0.6) is 0 Å². The molecule has 0 aromatic heterocycles. The molecular weight excluding hydrogens is 346 g/mol. The Morgan fingerprint density at radius 1 is 0.923 bits per heavy atom. The summed E-state index contributed by atoms with van der Waals surface area (Å²) in [7, 11) is 0. The van der Waals surface area contributed by atoms with Crippen molar-refractivity contribution in [2.24, 2.45) is 0 Å². The van der Waals surface area contributed by atoms with Gasteiger partial charge in [0.15, 0.2) is 5.11 Å². The largest absolute Gasteiger partial charge is 0.332 e. The summed E-state index contributed by atoms with van der Waals surface area (Å²) in [6, 6.07) is 16.1. The highest BCUT2D eigenvalue weighted by Crippen LogP contribution is 2.16. The van der Waals surface area contributed by atoms with E-state index in [2.05, 4.69) is 22.9 Å². The molecule has 0 bridgehead atoms. The lowest BCUT2D eigenvalue weighted by Crippen LogP contribution is -2.34. The van der Waals surface area contributed by atoms with Crippen LogP contribution in [0, 0.1) is 0 Å². The number of hydrogen-bond donors (Lipinski definition) is 3. The second-order valence-electron chi connectivity index (χ2n) is 5.86.